The highest BCUT2D eigenvalue weighted by molar-refractivity contribution is 5.91. The maximum atomic E-state index is 12.1. The molecule has 1 amide bonds. The predicted octanol–water partition coefficient (Wildman–Crippen LogP) is 2.68. The van der Waals surface area contributed by atoms with Gasteiger partial charge in [0.15, 0.2) is 5.69 Å². The number of benzene rings is 1. The molecule has 3 rings (SSSR count). The van der Waals surface area contributed by atoms with E-state index in [1.165, 1.54) is 6.26 Å². The highest BCUT2D eigenvalue weighted by Gasteiger charge is 2.20. The third-order valence-corrected chi connectivity index (χ3v) is 5.17. The molecular weight excluding hydrogens is 386 g/mol. The monoisotopic (exact) mass is 415 g/mol. The molecule has 1 aromatic heterocycles. The van der Waals surface area contributed by atoms with Gasteiger partial charge >= 0.3 is 0 Å². The molecule has 1 saturated heterocycles. The van der Waals surface area contributed by atoms with E-state index < -0.39 is 0 Å². The zero-order valence-electron chi connectivity index (χ0n) is 17.5. The summed E-state index contributed by atoms with van der Waals surface area (Å²) in [5, 5.41) is 13.6. The van der Waals surface area contributed by atoms with Crippen LogP contribution < -0.4 is 5.32 Å². The van der Waals surface area contributed by atoms with Crippen molar-refractivity contribution in [2.45, 2.75) is 33.4 Å². The van der Waals surface area contributed by atoms with Crippen LogP contribution >= 0.6 is 0 Å². The lowest BCUT2D eigenvalue weighted by molar-refractivity contribution is -0.384. The molecule has 9 nitrogen and oxygen atoms in total. The fourth-order valence-electron chi connectivity index (χ4n) is 3.33. The van der Waals surface area contributed by atoms with Gasteiger partial charge in [0.25, 0.3) is 11.6 Å². The van der Waals surface area contributed by atoms with E-state index in [0.717, 1.165) is 44.7 Å². The van der Waals surface area contributed by atoms with Crippen LogP contribution in [-0.4, -0.2) is 58.3 Å². The van der Waals surface area contributed by atoms with Gasteiger partial charge in [-0.25, -0.2) is 4.98 Å². The van der Waals surface area contributed by atoms with Crippen LogP contribution in [0.2, 0.25) is 0 Å². The van der Waals surface area contributed by atoms with E-state index in [1.54, 1.807) is 12.1 Å². The zero-order valence-corrected chi connectivity index (χ0v) is 17.5. The minimum absolute atomic E-state index is 0.113. The molecule has 30 heavy (non-hydrogen) atoms. The smallest absolute Gasteiger partial charge is 0.273 e. The van der Waals surface area contributed by atoms with Crippen LogP contribution in [0.4, 0.5) is 5.69 Å². The van der Waals surface area contributed by atoms with Gasteiger partial charge in [0.1, 0.15) is 6.26 Å². The number of non-ortho nitro benzene ring substituents is 1. The van der Waals surface area contributed by atoms with Crippen molar-refractivity contribution < 1.29 is 14.1 Å². The van der Waals surface area contributed by atoms with Crippen LogP contribution in [-0.2, 0) is 13.1 Å². The number of carbonyl (C=O) groups is 1. The summed E-state index contributed by atoms with van der Waals surface area (Å²) >= 11 is 0. The summed E-state index contributed by atoms with van der Waals surface area (Å²) in [5.74, 6) is 0.892. The second-order valence-electron chi connectivity index (χ2n) is 8.04. The van der Waals surface area contributed by atoms with E-state index in [4.69, 9.17) is 4.42 Å². The molecule has 1 N–H and O–H groups in total. The minimum Gasteiger partial charge on any atom is -0.447 e. The fraction of sp³-hybridized carbons (Fsp3) is 0.524. The molecule has 1 aromatic carbocycles. The summed E-state index contributed by atoms with van der Waals surface area (Å²) in [5.41, 5.74) is 1.50. The zero-order chi connectivity index (χ0) is 21.5. The number of nitrogens with zero attached hydrogens (tertiary/aromatic N) is 4. The summed E-state index contributed by atoms with van der Waals surface area (Å²) in [6.45, 7) is 9.72. The summed E-state index contributed by atoms with van der Waals surface area (Å²) in [6.07, 6.45) is 2.35. The number of hydrogen-bond acceptors (Lipinski definition) is 7. The molecular formula is C21H29N5O4. The topological polar surface area (TPSA) is 105 Å². The maximum absolute atomic E-state index is 12.1. The average Bonchev–Trinajstić information content (AvgIpc) is 3.18. The number of nitrogens with one attached hydrogen (secondary N) is 1. The van der Waals surface area contributed by atoms with Gasteiger partial charge in [-0.05, 0) is 17.9 Å². The average molecular weight is 415 g/mol. The van der Waals surface area contributed by atoms with E-state index in [2.05, 4.69) is 33.9 Å². The molecule has 0 unspecified atom stereocenters. The van der Waals surface area contributed by atoms with Crippen LogP contribution in [0.3, 0.4) is 0 Å². The van der Waals surface area contributed by atoms with Crippen molar-refractivity contribution in [1.29, 1.82) is 0 Å². The number of hydrogen-bond donors (Lipinski definition) is 1. The first-order valence-corrected chi connectivity index (χ1v) is 10.3. The van der Waals surface area contributed by atoms with E-state index in [9.17, 15) is 14.9 Å². The van der Waals surface area contributed by atoms with Crippen molar-refractivity contribution in [3.8, 4) is 0 Å². The molecule has 1 fully saturated rings. The number of amides is 1. The quantitative estimate of drug-likeness (QED) is 0.496. The first kappa shape index (κ1) is 21.9. The van der Waals surface area contributed by atoms with E-state index in [1.807, 2.05) is 12.1 Å². The summed E-state index contributed by atoms with van der Waals surface area (Å²) in [4.78, 5) is 31.4. The van der Waals surface area contributed by atoms with Gasteiger partial charge in [0.2, 0.25) is 5.89 Å². The van der Waals surface area contributed by atoms with Crippen molar-refractivity contribution >= 4 is 11.6 Å². The van der Waals surface area contributed by atoms with Gasteiger partial charge < -0.3 is 9.73 Å². The molecule has 1 aliphatic heterocycles. The Morgan fingerprint density at radius 3 is 2.40 bits per heavy atom. The lowest BCUT2D eigenvalue weighted by atomic mass is 10.1. The van der Waals surface area contributed by atoms with Crippen molar-refractivity contribution in [2.75, 3.05) is 32.7 Å². The number of piperazine rings is 1. The standard InChI is InChI=1S/C21H29N5O4/c1-16(2)7-8-22-21(27)19-15-30-20(23-19)14-25-11-9-24(10-12-25)13-17-3-5-18(6-4-17)26(28)29/h3-6,15-16H,7-14H2,1-2H3,(H,22,27). The van der Waals surface area contributed by atoms with Crippen LogP contribution in [0.25, 0.3) is 0 Å². The minimum atomic E-state index is -0.383. The van der Waals surface area contributed by atoms with E-state index >= 15 is 0 Å². The Hall–Kier alpha value is -2.78. The normalized spacial score (nSPS) is 15.4. The van der Waals surface area contributed by atoms with Crippen LogP contribution in [0, 0.1) is 16.0 Å². The van der Waals surface area contributed by atoms with Crippen molar-refractivity contribution in [2.24, 2.45) is 5.92 Å². The Morgan fingerprint density at radius 2 is 1.80 bits per heavy atom. The number of carbonyl (C=O) groups excluding carboxylic acids is 1. The molecule has 0 saturated carbocycles. The Kier molecular flexibility index (Phi) is 7.53. The van der Waals surface area contributed by atoms with Crippen molar-refractivity contribution in [3.05, 3.63) is 57.8 Å². The van der Waals surface area contributed by atoms with Gasteiger partial charge in [-0.2, -0.15) is 0 Å². The Bertz CT molecular complexity index is 841. The molecule has 2 aromatic rings. The third-order valence-electron chi connectivity index (χ3n) is 5.17. The summed E-state index contributed by atoms with van der Waals surface area (Å²) < 4.78 is 5.49. The maximum Gasteiger partial charge on any atom is 0.273 e. The van der Waals surface area contributed by atoms with Crippen LogP contribution in [0.15, 0.2) is 34.9 Å². The van der Waals surface area contributed by atoms with Crippen molar-refractivity contribution in [1.82, 2.24) is 20.1 Å². The number of nitro benzene ring substituents is 1. The molecule has 0 aliphatic carbocycles. The molecule has 1 aliphatic rings. The third kappa shape index (κ3) is 6.36. The van der Waals surface area contributed by atoms with Crippen molar-refractivity contribution in [3.63, 3.8) is 0 Å². The summed E-state index contributed by atoms with van der Waals surface area (Å²) in [6, 6.07) is 6.71. The van der Waals surface area contributed by atoms with Gasteiger partial charge in [-0.15, -0.1) is 0 Å². The lowest BCUT2D eigenvalue weighted by Gasteiger charge is -2.34. The van der Waals surface area contributed by atoms with Gasteiger partial charge in [-0.1, -0.05) is 26.0 Å². The molecule has 9 heteroatoms. The van der Waals surface area contributed by atoms with E-state index in [0.29, 0.717) is 30.6 Å². The number of nitro groups is 1. The lowest BCUT2D eigenvalue weighted by Crippen LogP contribution is -2.45. The van der Waals surface area contributed by atoms with Gasteiger partial charge in [0, 0.05) is 51.4 Å². The number of rotatable bonds is 9. The Balaban J connectivity index is 1.42. The van der Waals surface area contributed by atoms with Gasteiger partial charge in [-0.3, -0.25) is 24.7 Å². The number of oxazole rings is 1. The van der Waals surface area contributed by atoms with Gasteiger partial charge in [0.05, 0.1) is 11.5 Å². The van der Waals surface area contributed by atoms with Crippen LogP contribution in [0.1, 0.15) is 42.2 Å². The SMILES string of the molecule is CC(C)CCNC(=O)c1coc(CN2CCN(Cc3ccc([N+](=O)[O-])cc3)CC2)n1. The predicted molar refractivity (Wildman–Crippen MR) is 112 cm³/mol. The first-order valence-electron chi connectivity index (χ1n) is 10.3. The number of aromatic nitrogens is 1. The molecule has 0 spiro atoms. The van der Waals surface area contributed by atoms with Crippen LogP contribution in [0.5, 0.6) is 0 Å². The summed E-state index contributed by atoms with van der Waals surface area (Å²) in [7, 11) is 0. The second kappa shape index (κ2) is 10.3. The highest BCUT2D eigenvalue weighted by atomic mass is 16.6. The highest BCUT2D eigenvalue weighted by Crippen LogP contribution is 2.15. The Morgan fingerprint density at radius 1 is 1.17 bits per heavy atom. The largest absolute Gasteiger partial charge is 0.447 e. The fourth-order valence-corrected chi connectivity index (χ4v) is 3.33. The Labute approximate surface area is 176 Å². The molecule has 162 valence electrons. The second-order valence-corrected chi connectivity index (χ2v) is 8.04. The molecule has 0 atom stereocenters. The molecule has 2 heterocycles. The molecule has 0 bridgehead atoms. The first-order chi connectivity index (χ1) is 14.4. The molecule has 0 radical (unpaired) electrons. The van der Waals surface area contributed by atoms with E-state index in [-0.39, 0.29) is 16.5 Å².